The Morgan fingerprint density at radius 2 is 2.27 bits per heavy atom. The molecular formula is C6H8N2O2S. The zero-order valence-corrected chi connectivity index (χ0v) is 6.91. The first-order valence-corrected chi connectivity index (χ1v) is 4.45. The number of aromatic nitrogens is 2. The second-order valence-electron chi connectivity index (χ2n) is 2.11. The summed E-state index contributed by atoms with van der Waals surface area (Å²) in [7, 11) is -2.41. The van der Waals surface area contributed by atoms with E-state index in [9.17, 15) is 8.42 Å². The summed E-state index contributed by atoms with van der Waals surface area (Å²) in [5.41, 5.74) is 0.784. The van der Waals surface area contributed by atoms with Gasteiger partial charge < -0.3 is 0 Å². The van der Waals surface area contributed by atoms with Gasteiger partial charge in [0.25, 0.3) is 0 Å². The molecule has 1 aromatic heterocycles. The van der Waals surface area contributed by atoms with Crippen molar-refractivity contribution < 1.29 is 8.42 Å². The third-order valence-corrected chi connectivity index (χ3v) is 1.66. The van der Waals surface area contributed by atoms with Gasteiger partial charge in [-0.3, -0.25) is 0 Å². The molecule has 0 aliphatic carbocycles. The molecule has 60 valence electrons. The van der Waals surface area contributed by atoms with Crippen molar-refractivity contribution in [2.45, 2.75) is 12.7 Å². The zero-order chi connectivity index (χ0) is 8.27. The fraction of sp³-hybridized carbons (Fsp3) is 0.333. The zero-order valence-electron chi connectivity index (χ0n) is 6.02. The lowest BCUT2D eigenvalue weighted by Gasteiger charge is -1.93. The van der Waals surface area contributed by atoms with Gasteiger partial charge in [-0.15, -0.1) is 0 Å². The van der Waals surface area contributed by atoms with E-state index in [1.165, 1.54) is 0 Å². The lowest BCUT2D eigenvalue weighted by atomic mass is 10.4. The molecule has 0 fully saturated rings. The van der Waals surface area contributed by atoms with Gasteiger partial charge in [0.1, 0.15) is 22.3 Å². The van der Waals surface area contributed by atoms with Crippen LogP contribution in [0.4, 0.5) is 0 Å². The van der Waals surface area contributed by atoms with E-state index >= 15 is 0 Å². The van der Waals surface area contributed by atoms with E-state index in [-0.39, 0.29) is 5.75 Å². The van der Waals surface area contributed by atoms with Gasteiger partial charge in [0.05, 0.1) is 0 Å². The van der Waals surface area contributed by atoms with Crippen LogP contribution >= 0.6 is 0 Å². The lowest BCUT2D eigenvalue weighted by molar-refractivity contribution is 0.612. The molecule has 0 N–H and O–H groups in total. The van der Waals surface area contributed by atoms with Gasteiger partial charge in [0.2, 0.25) is 0 Å². The molecule has 1 rings (SSSR count). The van der Waals surface area contributed by atoms with Gasteiger partial charge in [-0.1, -0.05) is 0 Å². The predicted molar refractivity (Wildman–Crippen MR) is 40.8 cm³/mol. The molecule has 0 saturated heterocycles. The Labute approximate surface area is 66.3 Å². The first kappa shape index (κ1) is 8.13. The smallest absolute Gasteiger partial charge is 0.147 e. The maximum atomic E-state index is 10.2. The second kappa shape index (κ2) is 3.43. The quantitative estimate of drug-likeness (QED) is 0.633. The summed E-state index contributed by atoms with van der Waals surface area (Å²) in [5, 5.41) is 0. The minimum atomic E-state index is -2.41. The van der Waals surface area contributed by atoms with Crippen LogP contribution in [0, 0.1) is 6.92 Å². The van der Waals surface area contributed by atoms with E-state index in [4.69, 9.17) is 0 Å². The number of hydrogen-bond donors (Lipinski definition) is 1. The maximum absolute atomic E-state index is 10.2. The number of aryl methyl sites for hydroxylation is 1. The molecule has 1 aromatic rings. The van der Waals surface area contributed by atoms with Crippen molar-refractivity contribution >= 4 is 10.7 Å². The fourth-order valence-electron chi connectivity index (χ4n) is 0.693. The van der Waals surface area contributed by atoms with E-state index in [0.29, 0.717) is 5.82 Å². The normalized spacial score (nSPS) is 10.4. The van der Waals surface area contributed by atoms with Crippen molar-refractivity contribution in [3.05, 3.63) is 23.8 Å². The van der Waals surface area contributed by atoms with Crippen LogP contribution in [-0.4, -0.2) is 18.4 Å². The summed E-state index contributed by atoms with van der Waals surface area (Å²) >= 11 is 0. The molecule has 0 saturated carbocycles. The van der Waals surface area contributed by atoms with E-state index < -0.39 is 10.7 Å². The fourth-order valence-corrected chi connectivity index (χ4v) is 1.08. The molecule has 0 aliphatic rings. The minimum Gasteiger partial charge on any atom is -0.240 e. The van der Waals surface area contributed by atoms with Crippen molar-refractivity contribution in [3.63, 3.8) is 0 Å². The number of rotatable bonds is 2. The molecule has 1 heterocycles. The lowest BCUT2D eigenvalue weighted by Crippen LogP contribution is -1.96. The monoisotopic (exact) mass is 172 g/mol. The number of nitrogens with zero attached hydrogens (tertiary/aromatic N) is 2. The molecular weight excluding hydrogens is 164 g/mol. The van der Waals surface area contributed by atoms with Gasteiger partial charge in [-0.2, -0.15) is 0 Å². The van der Waals surface area contributed by atoms with Gasteiger partial charge in [0.15, 0.2) is 0 Å². The second-order valence-corrected chi connectivity index (χ2v) is 3.09. The Kier molecular flexibility index (Phi) is 2.53. The Hall–Kier alpha value is -0.970. The number of hydrogen-bond acceptors (Lipinski definition) is 4. The van der Waals surface area contributed by atoms with Crippen molar-refractivity contribution in [1.82, 2.24) is 9.97 Å². The van der Waals surface area contributed by atoms with Gasteiger partial charge in [-0.25, -0.2) is 18.4 Å². The van der Waals surface area contributed by atoms with Gasteiger partial charge in [-0.05, 0) is 13.0 Å². The van der Waals surface area contributed by atoms with Crippen molar-refractivity contribution in [1.29, 1.82) is 0 Å². The molecule has 11 heavy (non-hydrogen) atoms. The van der Waals surface area contributed by atoms with Crippen molar-refractivity contribution in [2.75, 3.05) is 0 Å². The average Bonchev–Trinajstić information content (AvgIpc) is 1.85. The van der Waals surface area contributed by atoms with Crippen LogP contribution in [-0.2, 0) is 16.5 Å². The highest BCUT2D eigenvalue weighted by Gasteiger charge is 1.96. The van der Waals surface area contributed by atoms with Crippen LogP contribution in [0.15, 0.2) is 12.3 Å². The Bertz CT molecular complexity index is 314. The molecule has 0 amide bonds. The topological polar surface area (TPSA) is 59.9 Å². The van der Waals surface area contributed by atoms with Crippen LogP contribution in [0.3, 0.4) is 0 Å². The summed E-state index contributed by atoms with van der Waals surface area (Å²) in [4.78, 5) is 7.70. The minimum absolute atomic E-state index is 0.0724. The van der Waals surface area contributed by atoms with E-state index in [1.807, 2.05) is 0 Å². The van der Waals surface area contributed by atoms with Crippen LogP contribution in [0.2, 0.25) is 0 Å². The molecule has 5 heteroatoms. The highest BCUT2D eigenvalue weighted by molar-refractivity contribution is 7.71. The summed E-state index contributed by atoms with van der Waals surface area (Å²) < 4.78 is 20.5. The third-order valence-electron chi connectivity index (χ3n) is 1.12. The SMILES string of the molecule is Cc1ccnc(C[SH](=O)=O)n1. The molecule has 0 aliphatic heterocycles. The standard InChI is InChI=1S/C6H8N2O2S/c1-5-2-3-7-6(8-5)4-11(9)10/h2-3,11H,4H2,1H3. The molecule has 0 radical (unpaired) electrons. The summed E-state index contributed by atoms with van der Waals surface area (Å²) in [6.07, 6.45) is 1.55. The summed E-state index contributed by atoms with van der Waals surface area (Å²) in [6.45, 7) is 1.79. The first-order valence-electron chi connectivity index (χ1n) is 3.09. The molecule has 0 aromatic carbocycles. The molecule has 0 atom stereocenters. The van der Waals surface area contributed by atoms with E-state index in [1.54, 1.807) is 19.2 Å². The largest absolute Gasteiger partial charge is 0.240 e. The molecule has 0 bridgehead atoms. The Balaban J connectivity index is 2.87. The van der Waals surface area contributed by atoms with Crippen LogP contribution in [0.25, 0.3) is 0 Å². The first-order chi connectivity index (χ1) is 5.18. The number of thiol groups is 1. The van der Waals surface area contributed by atoms with E-state index in [0.717, 1.165) is 5.69 Å². The molecule has 4 nitrogen and oxygen atoms in total. The van der Waals surface area contributed by atoms with E-state index in [2.05, 4.69) is 9.97 Å². The van der Waals surface area contributed by atoms with Crippen molar-refractivity contribution in [3.8, 4) is 0 Å². The Morgan fingerprint density at radius 3 is 2.82 bits per heavy atom. The third kappa shape index (κ3) is 2.63. The van der Waals surface area contributed by atoms with Gasteiger partial charge >= 0.3 is 0 Å². The average molecular weight is 172 g/mol. The van der Waals surface area contributed by atoms with Crippen molar-refractivity contribution in [2.24, 2.45) is 0 Å². The predicted octanol–water partition coefficient (Wildman–Crippen LogP) is -0.104. The summed E-state index contributed by atoms with van der Waals surface area (Å²) in [5.74, 6) is 0.290. The van der Waals surface area contributed by atoms with Gasteiger partial charge in [0, 0.05) is 11.9 Å². The van der Waals surface area contributed by atoms with Crippen LogP contribution < -0.4 is 0 Å². The molecule has 0 unspecified atom stereocenters. The maximum Gasteiger partial charge on any atom is 0.147 e. The molecule has 0 spiro atoms. The summed E-state index contributed by atoms with van der Waals surface area (Å²) in [6, 6.07) is 1.72. The van der Waals surface area contributed by atoms with Crippen LogP contribution in [0.1, 0.15) is 11.5 Å². The Morgan fingerprint density at radius 1 is 1.55 bits per heavy atom. The highest BCUT2D eigenvalue weighted by Crippen LogP contribution is 1.93. The van der Waals surface area contributed by atoms with Crippen LogP contribution in [0.5, 0.6) is 0 Å². The highest BCUT2D eigenvalue weighted by atomic mass is 32.2.